The average molecular weight is 565 g/mol. The Labute approximate surface area is 237 Å². The van der Waals surface area contributed by atoms with Crippen molar-refractivity contribution in [3.8, 4) is 28.6 Å². The highest BCUT2D eigenvalue weighted by Gasteiger charge is 2.23. The molecular formula is C29H33ClN6O4. The van der Waals surface area contributed by atoms with E-state index in [0.717, 1.165) is 37.2 Å². The Hall–Kier alpha value is -3.86. The van der Waals surface area contributed by atoms with Crippen LogP contribution in [0.1, 0.15) is 26.7 Å². The van der Waals surface area contributed by atoms with Gasteiger partial charge in [0.05, 0.1) is 16.1 Å². The zero-order valence-corrected chi connectivity index (χ0v) is 23.2. The Morgan fingerprint density at radius 2 is 1.88 bits per heavy atom. The van der Waals surface area contributed by atoms with Gasteiger partial charge in [0, 0.05) is 24.3 Å². The van der Waals surface area contributed by atoms with E-state index in [9.17, 15) is 9.90 Å². The number of hydrogen-bond acceptors (Lipinski definition) is 7. The zero-order valence-electron chi connectivity index (χ0n) is 22.5. The molecule has 2 aromatic carbocycles. The minimum Gasteiger partial charge on any atom is -0.491 e. The van der Waals surface area contributed by atoms with Gasteiger partial charge in [-0.2, -0.15) is 0 Å². The smallest absolute Gasteiger partial charge is 0.319 e. The number of benzene rings is 2. The number of likely N-dealkylation sites (N-methyl/N-ethyl adjacent to an activating group) is 1. The van der Waals surface area contributed by atoms with Crippen molar-refractivity contribution in [2.45, 2.75) is 38.8 Å². The number of anilines is 1. The Morgan fingerprint density at radius 3 is 2.58 bits per heavy atom. The van der Waals surface area contributed by atoms with Crippen LogP contribution < -0.4 is 20.1 Å². The molecule has 40 heavy (non-hydrogen) atoms. The van der Waals surface area contributed by atoms with Gasteiger partial charge in [0.2, 0.25) is 5.88 Å². The lowest BCUT2D eigenvalue weighted by Gasteiger charge is -2.21. The molecule has 0 unspecified atom stereocenters. The molecule has 0 bridgehead atoms. The Kier molecular flexibility index (Phi) is 8.69. The summed E-state index contributed by atoms with van der Waals surface area (Å²) in [5, 5.41) is 16.9. The monoisotopic (exact) mass is 564 g/mol. The molecule has 11 heteroatoms. The number of aliphatic hydroxyl groups excluding tert-OH is 1. The fraction of sp³-hybridized carbons (Fsp3) is 0.345. The van der Waals surface area contributed by atoms with Crippen LogP contribution >= 0.6 is 11.6 Å². The van der Waals surface area contributed by atoms with E-state index in [1.54, 1.807) is 18.2 Å². The number of urea groups is 1. The summed E-state index contributed by atoms with van der Waals surface area (Å²) in [5.74, 6) is 1.53. The van der Waals surface area contributed by atoms with E-state index in [2.05, 4.69) is 44.3 Å². The van der Waals surface area contributed by atoms with E-state index in [-0.39, 0.29) is 18.7 Å². The van der Waals surface area contributed by atoms with Gasteiger partial charge in [0.1, 0.15) is 36.2 Å². The maximum absolute atomic E-state index is 12.0. The molecular weight excluding hydrogens is 532 g/mol. The first-order valence-corrected chi connectivity index (χ1v) is 13.8. The first-order valence-electron chi connectivity index (χ1n) is 13.4. The van der Waals surface area contributed by atoms with Crippen LogP contribution in [0.4, 0.5) is 10.5 Å². The van der Waals surface area contributed by atoms with E-state index in [1.165, 1.54) is 6.33 Å². The summed E-state index contributed by atoms with van der Waals surface area (Å²) in [6, 6.07) is 14.6. The zero-order chi connectivity index (χ0) is 28.1. The molecule has 0 aliphatic heterocycles. The first kappa shape index (κ1) is 27.7. The van der Waals surface area contributed by atoms with Crippen LogP contribution in [0, 0.1) is 0 Å². The number of aromatic nitrogens is 3. The standard InChI is InChI=1S/C29H33ClN6O4/c1-3-36(4-2)15-20(37)16-39-21-9-5-18(6-10-21)26-14-23-27(34-26)31-17-32-28(23)40-22-11-12-25(24(30)13-22)35-29(38)33-19-7-8-19/h5-6,9-14,17,19-20,37H,3-4,7-8,15-16H2,1-2H3,(H,31,32,34)(H2,33,35,38)/t20-/m0/s1. The largest absolute Gasteiger partial charge is 0.491 e. The van der Waals surface area contributed by atoms with Crippen LogP contribution in [0.2, 0.25) is 5.02 Å². The number of carbonyl (C=O) groups excluding carboxylic acids is 1. The maximum atomic E-state index is 12.0. The number of nitrogens with zero attached hydrogens (tertiary/aromatic N) is 3. The van der Waals surface area contributed by atoms with Crippen LogP contribution in [0.15, 0.2) is 54.9 Å². The van der Waals surface area contributed by atoms with Crippen LogP contribution in [0.3, 0.4) is 0 Å². The summed E-state index contributed by atoms with van der Waals surface area (Å²) in [7, 11) is 0. The second-order valence-electron chi connectivity index (χ2n) is 9.72. The molecule has 2 amide bonds. The average Bonchev–Trinajstić information content (AvgIpc) is 3.66. The summed E-state index contributed by atoms with van der Waals surface area (Å²) in [5.41, 5.74) is 2.89. The van der Waals surface area contributed by atoms with Gasteiger partial charge in [0.15, 0.2) is 0 Å². The number of halogens is 1. The Bertz CT molecular complexity index is 1450. The van der Waals surface area contributed by atoms with Crippen molar-refractivity contribution >= 4 is 34.4 Å². The number of aromatic amines is 1. The first-order chi connectivity index (χ1) is 19.4. The van der Waals surface area contributed by atoms with Gasteiger partial charge in [-0.05, 0) is 74.0 Å². The van der Waals surface area contributed by atoms with E-state index in [4.69, 9.17) is 21.1 Å². The van der Waals surface area contributed by atoms with Crippen molar-refractivity contribution in [3.63, 3.8) is 0 Å². The molecule has 4 aromatic rings. The molecule has 210 valence electrons. The molecule has 4 N–H and O–H groups in total. The predicted octanol–water partition coefficient (Wildman–Crippen LogP) is 5.44. The van der Waals surface area contributed by atoms with Crippen molar-refractivity contribution in [3.05, 3.63) is 59.9 Å². The minimum absolute atomic E-state index is 0.229. The molecule has 5 rings (SSSR count). The fourth-order valence-corrected chi connectivity index (χ4v) is 4.47. The Morgan fingerprint density at radius 1 is 1.12 bits per heavy atom. The number of fused-ring (bicyclic) bond motifs is 1. The summed E-state index contributed by atoms with van der Waals surface area (Å²) in [4.78, 5) is 26.2. The molecule has 2 heterocycles. The normalized spacial score (nSPS) is 13.8. The van der Waals surface area contributed by atoms with Gasteiger partial charge in [-0.3, -0.25) is 0 Å². The van der Waals surface area contributed by atoms with Crippen molar-refractivity contribution in [2.24, 2.45) is 0 Å². The van der Waals surface area contributed by atoms with Crippen LogP contribution in [-0.4, -0.2) is 69.4 Å². The molecule has 2 aromatic heterocycles. The highest BCUT2D eigenvalue weighted by molar-refractivity contribution is 6.33. The quantitative estimate of drug-likeness (QED) is 0.181. The molecule has 0 saturated heterocycles. The minimum atomic E-state index is -0.556. The van der Waals surface area contributed by atoms with E-state index in [1.807, 2.05) is 30.3 Å². The number of rotatable bonds is 12. The van der Waals surface area contributed by atoms with Crippen molar-refractivity contribution in [2.75, 3.05) is 31.6 Å². The van der Waals surface area contributed by atoms with Gasteiger partial charge in [-0.25, -0.2) is 14.8 Å². The highest BCUT2D eigenvalue weighted by atomic mass is 35.5. The lowest BCUT2D eigenvalue weighted by molar-refractivity contribution is 0.0716. The second-order valence-corrected chi connectivity index (χ2v) is 10.1. The summed E-state index contributed by atoms with van der Waals surface area (Å²) in [6.45, 7) is 6.74. The van der Waals surface area contributed by atoms with Gasteiger partial charge in [-0.15, -0.1) is 0 Å². The summed E-state index contributed by atoms with van der Waals surface area (Å²) < 4.78 is 11.8. The van der Waals surface area contributed by atoms with Crippen molar-refractivity contribution in [1.82, 2.24) is 25.2 Å². The molecule has 10 nitrogen and oxygen atoms in total. The van der Waals surface area contributed by atoms with Crippen LogP contribution in [-0.2, 0) is 0 Å². The second kappa shape index (κ2) is 12.5. The molecule has 1 atom stereocenters. The third-order valence-corrected chi connectivity index (χ3v) is 6.99. The number of aliphatic hydroxyl groups is 1. The van der Waals surface area contributed by atoms with Gasteiger partial charge in [0.25, 0.3) is 0 Å². The van der Waals surface area contributed by atoms with Crippen LogP contribution in [0.25, 0.3) is 22.3 Å². The molecule has 1 fully saturated rings. The molecule has 1 aliphatic carbocycles. The van der Waals surface area contributed by atoms with Gasteiger partial charge >= 0.3 is 6.03 Å². The van der Waals surface area contributed by atoms with Gasteiger partial charge < -0.3 is 35.1 Å². The number of carbonyl (C=O) groups is 1. The predicted molar refractivity (Wildman–Crippen MR) is 155 cm³/mol. The summed E-state index contributed by atoms with van der Waals surface area (Å²) >= 11 is 6.39. The Balaban J connectivity index is 1.24. The molecule has 1 aliphatic rings. The summed E-state index contributed by atoms with van der Waals surface area (Å²) in [6.07, 6.45) is 2.88. The number of H-pyrrole nitrogens is 1. The van der Waals surface area contributed by atoms with Crippen LogP contribution in [0.5, 0.6) is 17.4 Å². The molecule has 0 spiro atoms. The van der Waals surface area contributed by atoms with Gasteiger partial charge in [-0.1, -0.05) is 25.4 Å². The van der Waals surface area contributed by atoms with Crippen molar-refractivity contribution < 1.29 is 19.4 Å². The molecule has 0 radical (unpaired) electrons. The molecule has 1 saturated carbocycles. The lowest BCUT2D eigenvalue weighted by Crippen LogP contribution is -2.35. The number of nitrogens with one attached hydrogen (secondary N) is 3. The SMILES string of the molecule is CCN(CC)C[C@H](O)COc1ccc(-c2cc3c(Oc4ccc(NC(=O)NC5CC5)c(Cl)c4)ncnc3[nH]2)cc1. The van der Waals surface area contributed by atoms with E-state index in [0.29, 0.717) is 45.7 Å². The van der Waals surface area contributed by atoms with E-state index >= 15 is 0 Å². The number of ether oxygens (including phenoxy) is 2. The number of hydrogen-bond donors (Lipinski definition) is 4. The fourth-order valence-electron chi connectivity index (χ4n) is 4.25. The lowest BCUT2D eigenvalue weighted by atomic mass is 10.1. The van der Waals surface area contributed by atoms with Crippen molar-refractivity contribution in [1.29, 1.82) is 0 Å². The number of amides is 2. The topological polar surface area (TPSA) is 125 Å². The third-order valence-electron chi connectivity index (χ3n) is 6.68. The third kappa shape index (κ3) is 7.01. The maximum Gasteiger partial charge on any atom is 0.319 e. The highest BCUT2D eigenvalue weighted by Crippen LogP contribution is 2.34. The van der Waals surface area contributed by atoms with E-state index < -0.39 is 6.10 Å².